The number of amides is 1. The zero-order chi connectivity index (χ0) is 15.8. The molecule has 2 aromatic carbocycles. The van der Waals surface area contributed by atoms with Gasteiger partial charge >= 0.3 is 0 Å². The van der Waals surface area contributed by atoms with Crippen LogP contribution < -0.4 is 10.1 Å². The highest BCUT2D eigenvalue weighted by Crippen LogP contribution is 2.22. The van der Waals surface area contributed by atoms with Gasteiger partial charge in [0, 0.05) is 4.90 Å². The zero-order valence-corrected chi connectivity index (χ0v) is 13.7. The number of carbonyl (C=O) groups is 1. The van der Waals surface area contributed by atoms with Crippen LogP contribution in [0.4, 0.5) is 0 Å². The molecule has 2 rings (SSSR count). The van der Waals surface area contributed by atoms with Crippen LogP contribution in [-0.2, 0) is 4.79 Å². The Labute approximate surface area is 136 Å². The molecule has 0 aliphatic rings. The predicted octanol–water partition coefficient (Wildman–Crippen LogP) is 3.67. The molecule has 3 nitrogen and oxygen atoms in total. The Bertz CT molecular complexity index is 584. The van der Waals surface area contributed by atoms with Crippen molar-refractivity contribution in [2.75, 3.05) is 13.2 Å². The average molecular weight is 315 g/mol. The number of nitrogens with one attached hydrogen (secondary N) is 1. The molecule has 4 heteroatoms. The van der Waals surface area contributed by atoms with E-state index in [0.29, 0.717) is 13.2 Å². The van der Waals surface area contributed by atoms with E-state index in [4.69, 9.17) is 4.74 Å². The van der Waals surface area contributed by atoms with Crippen molar-refractivity contribution >= 4 is 17.7 Å². The highest BCUT2D eigenvalue weighted by atomic mass is 32.2. The van der Waals surface area contributed by atoms with Crippen molar-refractivity contribution in [2.45, 2.75) is 24.0 Å². The van der Waals surface area contributed by atoms with Gasteiger partial charge in [0.15, 0.2) is 0 Å². The smallest absolute Gasteiger partial charge is 0.233 e. The van der Waals surface area contributed by atoms with E-state index in [0.717, 1.165) is 10.6 Å². The second-order valence-electron chi connectivity index (χ2n) is 5.03. The maximum Gasteiger partial charge on any atom is 0.233 e. The molecule has 0 aliphatic heterocycles. The summed E-state index contributed by atoms with van der Waals surface area (Å²) in [5.74, 6) is 0.855. The first-order valence-corrected chi connectivity index (χ1v) is 8.22. The van der Waals surface area contributed by atoms with E-state index in [2.05, 4.69) is 5.32 Å². The third-order valence-electron chi connectivity index (χ3n) is 3.12. The molecule has 22 heavy (non-hydrogen) atoms. The van der Waals surface area contributed by atoms with Crippen LogP contribution in [0.3, 0.4) is 0 Å². The van der Waals surface area contributed by atoms with Crippen molar-refractivity contribution in [3.05, 3.63) is 60.2 Å². The lowest BCUT2D eigenvalue weighted by molar-refractivity contribution is -0.120. The van der Waals surface area contributed by atoms with Gasteiger partial charge in [0.05, 0.1) is 11.8 Å². The van der Waals surface area contributed by atoms with Gasteiger partial charge in [0.1, 0.15) is 12.4 Å². The largest absolute Gasteiger partial charge is 0.492 e. The van der Waals surface area contributed by atoms with E-state index < -0.39 is 0 Å². The minimum atomic E-state index is -0.123. The van der Waals surface area contributed by atoms with Crippen LogP contribution in [0.1, 0.15) is 12.5 Å². The molecule has 0 spiro atoms. The maximum absolute atomic E-state index is 12.0. The van der Waals surface area contributed by atoms with Gasteiger partial charge in [0.2, 0.25) is 5.91 Å². The molecule has 0 saturated carbocycles. The quantitative estimate of drug-likeness (QED) is 0.626. The molecular formula is C18H21NO2S. The second kappa shape index (κ2) is 8.49. The molecule has 0 heterocycles. The number of thioether (sulfide) groups is 1. The first kappa shape index (κ1) is 16.4. The predicted molar refractivity (Wildman–Crippen MR) is 91.4 cm³/mol. The number of hydrogen-bond donors (Lipinski definition) is 1. The molecule has 116 valence electrons. The molecule has 1 amide bonds. The average Bonchev–Trinajstić information content (AvgIpc) is 2.54. The number of ether oxygens (including phenoxy) is 1. The summed E-state index contributed by atoms with van der Waals surface area (Å²) < 4.78 is 5.59. The van der Waals surface area contributed by atoms with Gasteiger partial charge in [-0.2, -0.15) is 0 Å². The van der Waals surface area contributed by atoms with Crippen LogP contribution in [0.15, 0.2) is 59.5 Å². The molecule has 0 fully saturated rings. The Hall–Kier alpha value is -1.94. The molecule has 1 atom stereocenters. The van der Waals surface area contributed by atoms with Crippen LogP contribution in [0.5, 0.6) is 5.75 Å². The summed E-state index contributed by atoms with van der Waals surface area (Å²) in [5, 5.41) is 2.78. The fourth-order valence-electron chi connectivity index (χ4n) is 1.88. The van der Waals surface area contributed by atoms with Gasteiger partial charge in [-0.3, -0.25) is 4.79 Å². The van der Waals surface area contributed by atoms with Crippen molar-refractivity contribution in [3.63, 3.8) is 0 Å². The Morgan fingerprint density at radius 1 is 1.14 bits per heavy atom. The summed E-state index contributed by atoms with van der Waals surface area (Å²) in [7, 11) is 0. The van der Waals surface area contributed by atoms with Crippen molar-refractivity contribution in [1.29, 1.82) is 0 Å². The fourth-order valence-corrected chi connectivity index (χ4v) is 2.79. The standard InChI is InChI=1S/C18H21NO2S/c1-14-8-10-16(11-9-14)21-13-12-19-18(20)15(2)22-17-6-4-3-5-7-17/h3-11,15H,12-13H2,1-2H3,(H,19,20). The van der Waals surface area contributed by atoms with Crippen molar-refractivity contribution in [1.82, 2.24) is 5.32 Å². The minimum absolute atomic E-state index is 0.0290. The highest BCUT2D eigenvalue weighted by molar-refractivity contribution is 8.00. The summed E-state index contributed by atoms with van der Waals surface area (Å²) in [6.07, 6.45) is 0. The van der Waals surface area contributed by atoms with E-state index in [1.54, 1.807) is 11.8 Å². The maximum atomic E-state index is 12.0. The first-order valence-electron chi connectivity index (χ1n) is 7.34. The van der Waals surface area contributed by atoms with E-state index >= 15 is 0 Å². The van der Waals surface area contributed by atoms with E-state index in [-0.39, 0.29) is 11.2 Å². The van der Waals surface area contributed by atoms with Crippen LogP contribution in [0.2, 0.25) is 0 Å². The minimum Gasteiger partial charge on any atom is -0.492 e. The van der Waals surface area contributed by atoms with Crippen LogP contribution in [0, 0.1) is 6.92 Å². The Kier molecular flexibility index (Phi) is 6.34. The van der Waals surface area contributed by atoms with Crippen molar-refractivity contribution in [2.24, 2.45) is 0 Å². The number of carbonyl (C=O) groups excluding carboxylic acids is 1. The summed E-state index contributed by atoms with van der Waals surface area (Å²) in [6.45, 7) is 4.92. The summed E-state index contributed by atoms with van der Waals surface area (Å²) >= 11 is 1.55. The van der Waals surface area contributed by atoms with Crippen LogP contribution in [-0.4, -0.2) is 24.3 Å². The Balaban J connectivity index is 1.67. The molecule has 0 bridgehead atoms. The van der Waals surface area contributed by atoms with Gasteiger partial charge in [0.25, 0.3) is 0 Å². The number of benzene rings is 2. The van der Waals surface area contributed by atoms with E-state index in [1.807, 2.05) is 68.4 Å². The monoisotopic (exact) mass is 315 g/mol. The van der Waals surface area contributed by atoms with Crippen LogP contribution in [0.25, 0.3) is 0 Å². The fraction of sp³-hybridized carbons (Fsp3) is 0.278. The lowest BCUT2D eigenvalue weighted by Gasteiger charge is -2.12. The summed E-state index contributed by atoms with van der Waals surface area (Å²) in [4.78, 5) is 13.1. The molecule has 0 radical (unpaired) electrons. The second-order valence-corrected chi connectivity index (χ2v) is 6.44. The lowest BCUT2D eigenvalue weighted by Crippen LogP contribution is -2.33. The van der Waals surface area contributed by atoms with Gasteiger partial charge in [-0.1, -0.05) is 35.9 Å². The van der Waals surface area contributed by atoms with Gasteiger partial charge in [-0.25, -0.2) is 0 Å². The summed E-state index contributed by atoms with van der Waals surface area (Å²) in [6, 6.07) is 17.8. The number of aryl methyl sites for hydroxylation is 1. The molecule has 2 aromatic rings. The topological polar surface area (TPSA) is 38.3 Å². The van der Waals surface area contributed by atoms with E-state index in [1.165, 1.54) is 5.56 Å². The number of hydrogen-bond acceptors (Lipinski definition) is 3. The normalized spacial score (nSPS) is 11.7. The van der Waals surface area contributed by atoms with Gasteiger partial charge in [-0.15, -0.1) is 11.8 Å². The molecule has 0 saturated heterocycles. The van der Waals surface area contributed by atoms with Gasteiger partial charge < -0.3 is 10.1 Å². The van der Waals surface area contributed by atoms with Crippen molar-refractivity contribution in [3.8, 4) is 5.75 Å². The Morgan fingerprint density at radius 2 is 1.82 bits per heavy atom. The van der Waals surface area contributed by atoms with Crippen molar-refractivity contribution < 1.29 is 9.53 Å². The SMILES string of the molecule is Cc1ccc(OCCNC(=O)C(C)Sc2ccccc2)cc1. The van der Waals surface area contributed by atoms with Gasteiger partial charge in [-0.05, 0) is 38.1 Å². The number of rotatable bonds is 7. The Morgan fingerprint density at radius 3 is 2.50 bits per heavy atom. The molecule has 1 N–H and O–H groups in total. The molecular weight excluding hydrogens is 294 g/mol. The first-order chi connectivity index (χ1) is 10.6. The lowest BCUT2D eigenvalue weighted by atomic mass is 10.2. The molecule has 0 aliphatic carbocycles. The highest BCUT2D eigenvalue weighted by Gasteiger charge is 2.13. The molecule has 1 unspecified atom stereocenters. The zero-order valence-electron chi connectivity index (χ0n) is 12.9. The third kappa shape index (κ3) is 5.45. The van der Waals surface area contributed by atoms with E-state index in [9.17, 15) is 4.79 Å². The molecule has 0 aromatic heterocycles. The summed E-state index contributed by atoms with van der Waals surface area (Å²) in [5.41, 5.74) is 1.20. The van der Waals surface area contributed by atoms with Crippen LogP contribution >= 0.6 is 11.8 Å². The third-order valence-corrected chi connectivity index (χ3v) is 4.23.